The van der Waals surface area contributed by atoms with E-state index < -0.39 is 0 Å². The molecule has 2 nitrogen and oxygen atoms in total. The molecule has 0 fully saturated rings. The minimum Gasteiger partial charge on any atom is -0.497 e. The Hall–Kier alpha value is -1.18. The van der Waals surface area contributed by atoms with Gasteiger partial charge in [0.05, 0.1) is 7.11 Å². The highest BCUT2D eigenvalue weighted by Gasteiger charge is 2.25. The van der Waals surface area contributed by atoms with Crippen molar-refractivity contribution in [2.75, 3.05) is 12.4 Å². The van der Waals surface area contributed by atoms with Gasteiger partial charge < -0.3 is 10.1 Å². The smallest absolute Gasteiger partial charge is 0.119 e. The molecule has 0 unspecified atom stereocenters. The second-order valence-corrected chi connectivity index (χ2v) is 6.47. The molecule has 0 bridgehead atoms. The molecular weight excluding hydrogens is 210 g/mol. The van der Waals surface area contributed by atoms with Crippen LogP contribution in [0.1, 0.15) is 41.0 Å². The van der Waals surface area contributed by atoms with Gasteiger partial charge >= 0.3 is 0 Å². The van der Waals surface area contributed by atoms with Crippen molar-refractivity contribution in [1.29, 1.82) is 0 Å². The molecule has 0 atom stereocenters. The van der Waals surface area contributed by atoms with E-state index in [2.05, 4.69) is 52.1 Å². The van der Waals surface area contributed by atoms with Crippen LogP contribution in [0.5, 0.6) is 5.75 Å². The van der Waals surface area contributed by atoms with E-state index in [4.69, 9.17) is 4.74 Å². The van der Waals surface area contributed by atoms with E-state index in [0.29, 0.717) is 5.41 Å². The fraction of sp³-hybridized carbons (Fsp3) is 0.600. The minimum atomic E-state index is 0.0901. The van der Waals surface area contributed by atoms with E-state index in [-0.39, 0.29) is 5.54 Å². The van der Waals surface area contributed by atoms with Gasteiger partial charge in [0.2, 0.25) is 0 Å². The van der Waals surface area contributed by atoms with Crippen LogP contribution < -0.4 is 10.1 Å². The summed E-state index contributed by atoms with van der Waals surface area (Å²) in [5.74, 6) is 0.893. The van der Waals surface area contributed by atoms with Crippen molar-refractivity contribution in [3.8, 4) is 5.75 Å². The van der Waals surface area contributed by atoms with Crippen molar-refractivity contribution >= 4 is 5.69 Å². The molecule has 0 saturated heterocycles. The average molecular weight is 235 g/mol. The monoisotopic (exact) mass is 235 g/mol. The predicted octanol–water partition coefficient (Wildman–Crippen LogP) is 4.32. The number of anilines is 1. The van der Waals surface area contributed by atoms with Gasteiger partial charge in [0.15, 0.2) is 0 Å². The molecule has 0 heterocycles. The van der Waals surface area contributed by atoms with Crippen molar-refractivity contribution in [3.63, 3.8) is 0 Å². The largest absolute Gasteiger partial charge is 0.497 e. The molecule has 17 heavy (non-hydrogen) atoms. The standard InChI is InChI=1S/C15H25NO/c1-14(2,3)11-15(4,5)16-12-7-9-13(17-6)10-8-12/h7-10,16H,11H2,1-6H3. The summed E-state index contributed by atoms with van der Waals surface area (Å²) in [4.78, 5) is 0. The van der Waals surface area contributed by atoms with E-state index in [9.17, 15) is 0 Å². The van der Waals surface area contributed by atoms with Gasteiger partial charge in [-0.3, -0.25) is 0 Å². The number of hydrogen-bond donors (Lipinski definition) is 1. The van der Waals surface area contributed by atoms with Crippen molar-refractivity contribution < 1.29 is 4.74 Å². The Balaban J connectivity index is 2.69. The number of benzene rings is 1. The molecule has 0 aromatic heterocycles. The lowest BCUT2D eigenvalue weighted by Gasteiger charge is -2.34. The van der Waals surface area contributed by atoms with Gasteiger partial charge in [0.25, 0.3) is 0 Å². The van der Waals surface area contributed by atoms with Crippen LogP contribution >= 0.6 is 0 Å². The normalized spacial score (nSPS) is 12.4. The van der Waals surface area contributed by atoms with Gasteiger partial charge in [-0.2, -0.15) is 0 Å². The molecule has 0 aliphatic heterocycles. The maximum absolute atomic E-state index is 5.15. The van der Waals surface area contributed by atoms with Gasteiger partial charge in [0.1, 0.15) is 5.75 Å². The van der Waals surface area contributed by atoms with Crippen LogP contribution in [-0.4, -0.2) is 12.6 Å². The van der Waals surface area contributed by atoms with Gasteiger partial charge in [-0.25, -0.2) is 0 Å². The Morgan fingerprint density at radius 2 is 1.53 bits per heavy atom. The highest BCUT2D eigenvalue weighted by Crippen LogP contribution is 2.30. The van der Waals surface area contributed by atoms with Crippen LogP contribution in [-0.2, 0) is 0 Å². The van der Waals surface area contributed by atoms with Crippen LogP contribution in [0.4, 0.5) is 5.69 Å². The van der Waals surface area contributed by atoms with E-state index in [1.807, 2.05) is 12.1 Å². The summed E-state index contributed by atoms with van der Waals surface area (Å²) in [5.41, 5.74) is 1.55. The summed E-state index contributed by atoms with van der Waals surface area (Å²) in [6.45, 7) is 11.3. The molecule has 0 spiro atoms. The zero-order valence-corrected chi connectivity index (χ0v) is 11.9. The number of rotatable bonds is 4. The first-order valence-corrected chi connectivity index (χ1v) is 6.14. The van der Waals surface area contributed by atoms with Crippen LogP contribution in [0.25, 0.3) is 0 Å². The van der Waals surface area contributed by atoms with Gasteiger partial charge in [-0.15, -0.1) is 0 Å². The third-order valence-electron chi connectivity index (χ3n) is 2.55. The zero-order chi connectivity index (χ0) is 13.1. The third kappa shape index (κ3) is 5.12. The van der Waals surface area contributed by atoms with Crippen molar-refractivity contribution in [2.24, 2.45) is 5.41 Å². The summed E-state index contributed by atoms with van der Waals surface area (Å²) in [6.07, 6.45) is 1.12. The Labute approximate surface area is 105 Å². The lowest BCUT2D eigenvalue weighted by Crippen LogP contribution is -2.35. The number of methoxy groups -OCH3 is 1. The Kier molecular flexibility index (Phi) is 4.07. The van der Waals surface area contributed by atoms with Crippen LogP contribution in [0.2, 0.25) is 0 Å². The van der Waals surface area contributed by atoms with E-state index in [1.165, 1.54) is 0 Å². The summed E-state index contributed by atoms with van der Waals surface area (Å²) in [5, 5.41) is 3.57. The molecular formula is C15H25NO. The first-order valence-electron chi connectivity index (χ1n) is 6.14. The molecule has 1 aromatic carbocycles. The summed E-state index contributed by atoms with van der Waals surface area (Å²) in [6, 6.07) is 8.08. The molecule has 1 N–H and O–H groups in total. The lowest BCUT2D eigenvalue weighted by atomic mass is 9.81. The van der Waals surface area contributed by atoms with E-state index in [1.54, 1.807) is 7.11 Å². The molecule has 0 aliphatic rings. The summed E-state index contributed by atoms with van der Waals surface area (Å²) in [7, 11) is 1.69. The molecule has 96 valence electrons. The Morgan fingerprint density at radius 3 is 1.94 bits per heavy atom. The first kappa shape index (κ1) is 13.9. The quantitative estimate of drug-likeness (QED) is 0.839. The number of ether oxygens (including phenoxy) is 1. The molecule has 1 rings (SSSR count). The molecule has 1 aromatic rings. The van der Waals surface area contributed by atoms with Gasteiger partial charge in [-0.1, -0.05) is 20.8 Å². The topological polar surface area (TPSA) is 21.3 Å². The fourth-order valence-electron chi connectivity index (χ4n) is 2.44. The predicted molar refractivity (Wildman–Crippen MR) is 74.8 cm³/mol. The zero-order valence-electron chi connectivity index (χ0n) is 11.9. The molecule has 0 aliphatic carbocycles. The molecule has 0 amide bonds. The van der Waals surface area contributed by atoms with Crippen molar-refractivity contribution in [3.05, 3.63) is 24.3 Å². The maximum atomic E-state index is 5.15. The highest BCUT2D eigenvalue weighted by molar-refractivity contribution is 5.48. The molecule has 0 saturated carbocycles. The Morgan fingerprint density at radius 1 is 1.00 bits per heavy atom. The minimum absolute atomic E-state index is 0.0901. The first-order chi connectivity index (χ1) is 7.72. The van der Waals surface area contributed by atoms with Crippen LogP contribution in [0, 0.1) is 5.41 Å². The van der Waals surface area contributed by atoms with Crippen molar-refractivity contribution in [2.45, 2.75) is 46.6 Å². The summed E-state index contributed by atoms with van der Waals surface area (Å²) < 4.78 is 5.15. The molecule has 0 radical (unpaired) electrons. The highest BCUT2D eigenvalue weighted by atomic mass is 16.5. The van der Waals surface area contributed by atoms with Gasteiger partial charge in [-0.05, 0) is 49.9 Å². The second kappa shape index (κ2) is 4.99. The van der Waals surface area contributed by atoms with Crippen LogP contribution in [0.3, 0.4) is 0 Å². The lowest BCUT2D eigenvalue weighted by molar-refractivity contribution is 0.302. The maximum Gasteiger partial charge on any atom is 0.119 e. The average Bonchev–Trinajstić information content (AvgIpc) is 2.14. The Bertz CT molecular complexity index is 346. The fourth-order valence-corrected chi connectivity index (χ4v) is 2.44. The molecule has 2 heteroatoms. The number of nitrogens with one attached hydrogen (secondary N) is 1. The number of hydrogen-bond acceptors (Lipinski definition) is 2. The SMILES string of the molecule is COc1ccc(NC(C)(C)CC(C)(C)C)cc1. The van der Waals surface area contributed by atoms with Gasteiger partial charge in [0, 0.05) is 11.2 Å². The van der Waals surface area contributed by atoms with E-state index in [0.717, 1.165) is 17.9 Å². The van der Waals surface area contributed by atoms with E-state index >= 15 is 0 Å². The second-order valence-electron chi connectivity index (χ2n) is 6.47. The van der Waals surface area contributed by atoms with Crippen LogP contribution in [0.15, 0.2) is 24.3 Å². The summed E-state index contributed by atoms with van der Waals surface area (Å²) >= 11 is 0. The van der Waals surface area contributed by atoms with Crippen molar-refractivity contribution in [1.82, 2.24) is 0 Å². The third-order valence-corrected chi connectivity index (χ3v) is 2.55.